The van der Waals surface area contributed by atoms with Gasteiger partial charge in [0.15, 0.2) is 5.15 Å². The van der Waals surface area contributed by atoms with Gasteiger partial charge in [-0.05, 0) is 30.7 Å². The molecule has 106 valence electrons. The van der Waals surface area contributed by atoms with Crippen LogP contribution >= 0.6 is 11.6 Å². The van der Waals surface area contributed by atoms with Gasteiger partial charge in [-0.15, -0.1) is 0 Å². The highest BCUT2D eigenvalue weighted by atomic mass is 35.5. The second-order valence-electron chi connectivity index (χ2n) is 4.61. The molecule has 0 aliphatic carbocycles. The highest BCUT2D eigenvalue weighted by molar-refractivity contribution is 6.32. The Morgan fingerprint density at radius 3 is 2.76 bits per heavy atom. The minimum Gasteiger partial charge on any atom is -0.377 e. The fourth-order valence-electron chi connectivity index (χ4n) is 1.98. The van der Waals surface area contributed by atoms with Gasteiger partial charge < -0.3 is 5.32 Å². The van der Waals surface area contributed by atoms with E-state index in [9.17, 15) is 0 Å². The fourth-order valence-corrected chi connectivity index (χ4v) is 2.25. The Balaban J connectivity index is 1.74. The van der Waals surface area contributed by atoms with Crippen LogP contribution in [0.2, 0.25) is 5.15 Å². The molecule has 1 aromatic carbocycles. The molecular formula is C15H14ClN5. The van der Waals surface area contributed by atoms with E-state index >= 15 is 0 Å². The van der Waals surface area contributed by atoms with Gasteiger partial charge in [0.25, 0.3) is 0 Å². The maximum atomic E-state index is 6.08. The Morgan fingerprint density at radius 1 is 1.19 bits per heavy atom. The normalized spacial score (nSPS) is 10.6. The summed E-state index contributed by atoms with van der Waals surface area (Å²) in [5.41, 5.74) is 3.64. The second-order valence-corrected chi connectivity index (χ2v) is 4.97. The predicted octanol–water partition coefficient (Wildman–Crippen LogP) is 3.24. The average Bonchev–Trinajstić information content (AvgIpc) is 2.97. The van der Waals surface area contributed by atoms with Crippen LogP contribution in [0.4, 0.5) is 5.69 Å². The average molecular weight is 300 g/mol. The van der Waals surface area contributed by atoms with Crippen molar-refractivity contribution in [1.29, 1.82) is 0 Å². The van der Waals surface area contributed by atoms with Crippen molar-refractivity contribution < 1.29 is 0 Å². The number of nitrogens with one attached hydrogen (secondary N) is 1. The number of para-hydroxylation sites is 1. The maximum absolute atomic E-state index is 6.08. The maximum Gasteiger partial charge on any atom is 0.152 e. The summed E-state index contributed by atoms with van der Waals surface area (Å²) < 4.78 is 0. The van der Waals surface area contributed by atoms with E-state index in [1.54, 1.807) is 17.2 Å². The predicted molar refractivity (Wildman–Crippen MR) is 82.7 cm³/mol. The van der Waals surface area contributed by atoms with Crippen molar-refractivity contribution in [2.75, 3.05) is 5.32 Å². The lowest BCUT2D eigenvalue weighted by molar-refractivity contribution is 0.740. The van der Waals surface area contributed by atoms with Crippen molar-refractivity contribution >= 4 is 17.3 Å². The van der Waals surface area contributed by atoms with Crippen LogP contribution in [0.3, 0.4) is 0 Å². The fraction of sp³-hybridized carbons (Fsp3) is 0.133. The van der Waals surface area contributed by atoms with E-state index in [4.69, 9.17) is 11.6 Å². The first-order valence-corrected chi connectivity index (χ1v) is 6.93. The Kier molecular flexibility index (Phi) is 3.83. The summed E-state index contributed by atoms with van der Waals surface area (Å²) in [6.45, 7) is 2.52. The van der Waals surface area contributed by atoms with Gasteiger partial charge in [-0.3, -0.25) is 0 Å². The molecule has 0 spiro atoms. The largest absolute Gasteiger partial charge is 0.377 e. The smallest absolute Gasteiger partial charge is 0.152 e. The Morgan fingerprint density at radius 2 is 2.00 bits per heavy atom. The van der Waals surface area contributed by atoms with E-state index in [1.165, 1.54) is 0 Å². The number of aryl methyl sites for hydroxylation is 1. The summed E-state index contributed by atoms with van der Waals surface area (Å²) in [4.78, 5) is 5.67. The molecule has 0 aliphatic rings. The van der Waals surface area contributed by atoms with Gasteiger partial charge in [0, 0.05) is 6.20 Å². The molecule has 21 heavy (non-hydrogen) atoms. The van der Waals surface area contributed by atoms with Crippen molar-refractivity contribution in [2.45, 2.75) is 13.5 Å². The van der Waals surface area contributed by atoms with Gasteiger partial charge >= 0.3 is 0 Å². The van der Waals surface area contributed by atoms with Gasteiger partial charge in [-0.25, -0.2) is 4.98 Å². The SMILES string of the molecule is Cc1ccnc(Cl)c1NCc1cnn(-c2ccccc2)n1. The van der Waals surface area contributed by atoms with Crippen LogP contribution in [0.25, 0.3) is 5.69 Å². The highest BCUT2D eigenvalue weighted by Gasteiger charge is 2.07. The molecule has 0 atom stereocenters. The van der Waals surface area contributed by atoms with Gasteiger partial charge in [0.2, 0.25) is 0 Å². The van der Waals surface area contributed by atoms with Crippen molar-refractivity contribution in [3.05, 3.63) is 65.2 Å². The van der Waals surface area contributed by atoms with E-state index < -0.39 is 0 Å². The molecule has 0 saturated carbocycles. The quantitative estimate of drug-likeness (QED) is 0.751. The summed E-state index contributed by atoms with van der Waals surface area (Å²) in [6.07, 6.45) is 3.42. The van der Waals surface area contributed by atoms with Gasteiger partial charge in [0.05, 0.1) is 24.1 Å². The molecule has 0 bridgehead atoms. The molecule has 0 amide bonds. The third kappa shape index (κ3) is 3.03. The standard InChI is InChI=1S/C15H14ClN5/c1-11-7-8-17-15(16)14(11)18-9-12-10-19-21(20-12)13-5-3-2-4-6-13/h2-8,10,18H,9H2,1H3. The Bertz CT molecular complexity index is 719. The number of aromatic nitrogens is 4. The molecular weight excluding hydrogens is 286 g/mol. The molecule has 0 unspecified atom stereocenters. The van der Waals surface area contributed by atoms with E-state index in [0.717, 1.165) is 22.6 Å². The lowest BCUT2D eigenvalue weighted by Gasteiger charge is -2.08. The number of rotatable bonds is 4. The van der Waals surface area contributed by atoms with Crippen LogP contribution in [0.5, 0.6) is 0 Å². The number of nitrogens with zero attached hydrogens (tertiary/aromatic N) is 4. The molecule has 0 saturated heterocycles. The topological polar surface area (TPSA) is 55.6 Å². The first-order chi connectivity index (χ1) is 10.2. The van der Waals surface area contributed by atoms with Crippen LogP contribution in [0.1, 0.15) is 11.3 Å². The zero-order valence-electron chi connectivity index (χ0n) is 11.5. The zero-order chi connectivity index (χ0) is 14.7. The van der Waals surface area contributed by atoms with Crippen molar-refractivity contribution in [1.82, 2.24) is 20.0 Å². The molecule has 5 nitrogen and oxygen atoms in total. The third-order valence-corrected chi connectivity index (χ3v) is 3.37. The van der Waals surface area contributed by atoms with Crippen LogP contribution in [-0.4, -0.2) is 20.0 Å². The number of halogens is 1. The zero-order valence-corrected chi connectivity index (χ0v) is 12.2. The summed E-state index contributed by atoms with van der Waals surface area (Å²) >= 11 is 6.08. The van der Waals surface area contributed by atoms with E-state index in [-0.39, 0.29) is 0 Å². The summed E-state index contributed by atoms with van der Waals surface area (Å²) in [6, 6.07) is 11.7. The molecule has 3 aromatic rings. The van der Waals surface area contributed by atoms with Gasteiger partial charge in [-0.2, -0.15) is 15.0 Å². The Labute approximate surface area is 127 Å². The lowest BCUT2D eigenvalue weighted by Crippen LogP contribution is -2.04. The molecule has 2 aromatic heterocycles. The minimum absolute atomic E-state index is 0.463. The summed E-state index contributed by atoms with van der Waals surface area (Å²) in [5, 5.41) is 12.4. The monoisotopic (exact) mass is 299 g/mol. The molecule has 6 heteroatoms. The van der Waals surface area contributed by atoms with E-state index in [1.807, 2.05) is 43.3 Å². The van der Waals surface area contributed by atoms with E-state index in [2.05, 4.69) is 20.5 Å². The number of benzene rings is 1. The summed E-state index contributed by atoms with van der Waals surface area (Å²) in [5.74, 6) is 0. The number of pyridine rings is 1. The number of hydrogen-bond acceptors (Lipinski definition) is 4. The van der Waals surface area contributed by atoms with Crippen LogP contribution < -0.4 is 5.32 Å². The molecule has 1 N–H and O–H groups in total. The Hall–Kier alpha value is -2.40. The van der Waals surface area contributed by atoms with Crippen LogP contribution in [0.15, 0.2) is 48.8 Å². The van der Waals surface area contributed by atoms with E-state index in [0.29, 0.717) is 11.7 Å². The van der Waals surface area contributed by atoms with Gasteiger partial charge in [-0.1, -0.05) is 29.8 Å². The molecule has 0 aliphatic heterocycles. The first-order valence-electron chi connectivity index (χ1n) is 6.55. The number of hydrogen-bond donors (Lipinski definition) is 1. The molecule has 0 radical (unpaired) electrons. The summed E-state index contributed by atoms with van der Waals surface area (Å²) in [7, 11) is 0. The number of anilines is 1. The first kappa shape index (κ1) is 13.6. The highest BCUT2D eigenvalue weighted by Crippen LogP contribution is 2.23. The van der Waals surface area contributed by atoms with Gasteiger partial charge in [0.1, 0.15) is 5.69 Å². The van der Waals surface area contributed by atoms with Crippen molar-refractivity contribution in [3.8, 4) is 5.69 Å². The minimum atomic E-state index is 0.463. The van der Waals surface area contributed by atoms with Crippen molar-refractivity contribution in [3.63, 3.8) is 0 Å². The second kappa shape index (κ2) is 5.93. The molecule has 0 fully saturated rings. The molecule has 2 heterocycles. The third-order valence-electron chi connectivity index (χ3n) is 3.09. The molecule has 3 rings (SSSR count). The van der Waals surface area contributed by atoms with Crippen LogP contribution in [0, 0.1) is 6.92 Å². The van der Waals surface area contributed by atoms with Crippen molar-refractivity contribution in [2.24, 2.45) is 0 Å². The van der Waals surface area contributed by atoms with Crippen LogP contribution in [-0.2, 0) is 6.54 Å². The lowest BCUT2D eigenvalue weighted by atomic mass is 10.2.